The third-order valence-corrected chi connectivity index (χ3v) is 4.30. The van der Waals surface area contributed by atoms with E-state index in [0.717, 1.165) is 5.56 Å². The molecule has 0 aromatic heterocycles. The van der Waals surface area contributed by atoms with Gasteiger partial charge in [-0.3, -0.25) is 0 Å². The van der Waals surface area contributed by atoms with Gasteiger partial charge in [0.2, 0.25) is 0 Å². The summed E-state index contributed by atoms with van der Waals surface area (Å²) in [5.41, 5.74) is 5.07. The van der Waals surface area contributed by atoms with Crippen LogP contribution < -0.4 is 0 Å². The highest BCUT2D eigenvalue weighted by Gasteiger charge is 2.16. The Morgan fingerprint density at radius 1 is 1.05 bits per heavy atom. The predicted molar refractivity (Wildman–Crippen MR) is 93.8 cm³/mol. The zero-order chi connectivity index (χ0) is 15.4. The summed E-state index contributed by atoms with van der Waals surface area (Å²) in [6.45, 7) is 2.21. The second-order valence-corrected chi connectivity index (χ2v) is 6.07. The Balaban J connectivity index is 1.94. The van der Waals surface area contributed by atoms with Gasteiger partial charge in [0.25, 0.3) is 0 Å². The molecule has 0 amide bonds. The quantitative estimate of drug-likeness (QED) is 0.561. The summed E-state index contributed by atoms with van der Waals surface area (Å²) in [6.07, 6.45) is 10.3. The summed E-state index contributed by atoms with van der Waals surface area (Å²) in [5, 5.41) is 9.84. The fourth-order valence-corrected chi connectivity index (χ4v) is 3.15. The van der Waals surface area contributed by atoms with Crippen molar-refractivity contribution in [2.24, 2.45) is 0 Å². The molecule has 0 saturated heterocycles. The fourth-order valence-electron chi connectivity index (χ4n) is 3.15. The minimum absolute atomic E-state index is 0.327. The number of benzene rings is 2. The molecule has 112 valence electrons. The van der Waals surface area contributed by atoms with E-state index in [1.54, 1.807) is 6.07 Å². The Morgan fingerprint density at radius 3 is 2.64 bits per heavy atom. The number of rotatable bonds is 3. The van der Waals surface area contributed by atoms with Gasteiger partial charge in [-0.15, -0.1) is 0 Å². The van der Waals surface area contributed by atoms with E-state index in [-0.39, 0.29) is 0 Å². The zero-order valence-electron chi connectivity index (χ0n) is 13.0. The second kappa shape index (κ2) is 6.65. The molecule has 0 bridgehead atoms. The average Bonchev–Trinajstić information content (AvgIpc) is 2.54. The van der Waals surface area contributed by atoms with Crippen LogP contribution in [-0.4, -0.2) is 5.11 Å². The topological polar surface area (TPSA) is 20.2 Å². The van der Waals surface area contributed by atoms with E-state index >= 15 is 0 Å². The molecule has 1 N–H and O–H groups in total. The molecule has 1 unspecified atom stereocenters. The van der Waals surface area contributed by atoms with Crippen LogP contribution in [0.1, 0.15) is 48.8 Å². The third kappa shape index (κ3) is 3.48. The van der Waals surface area contributed by atoms with E-state index in [2.05, 4.69) is 43.4 Å². The minimum Gasteiger partial charge on any atom is -0.508 e. The molecule has 2 aromatic rings. The van der Waals surface area contributed by atoms with Crippen molar-refractivity contribution in [3.05, 3.63) is 76.9 Å². The largest absolute Gasteiger partial charge is 0.508 e. The van der Waals surface area contributed by atoms with Crippen LogP contribution in [0.5, 0.6) is 5.75 Å². The Hall–Kier alpha value is -2.28. The minimum atomic E-state index is 0.327. The maximum Gasteiger partial charge on any atom is 0.116 e. The third-order valence-electron chi connectivity index (χ3n) is 4.30. The van der Waals surface area contributed by atoms with E-state index in [4.69, 9.17) is 0 Å². The van der Waals surface area contributed by atoms with Crippen LogP contribution in [0.15, 0.2) is 60.2 Å². The molecule has 0 spiro atoms. The Labute approximate surface area is 132 Å². The molecule has 0 radical (unpaired) electrons. The molecule has 0 saturated carbocycles. The molecule has 0 heterocycles. The van der Waals surface area contributed by atoms with Gasteiger partial charge in [-0.25, -0.2) is 0 Å². The van der Waals surface area contributed by atoms with E-state index in [1.807, 2.05) is 24.3 Å². The van der Waals surface area contributed by atoms with Crippen molar-refractivity contribution in [3.8, 4) is 5.75 Å². The molecular weight excluding hydrogens is 268 g/mol. The summed E-state index contributed by atoms with van der Waals surface area (Å²) < 4.78 is 0. The first-order chi connectivity index (χ1) is 10.7. The van der Waals surface area contributed by atoms with Gasteiger partial charge < -0.3 is 5.11 Å². The molecule has 0 fully saturated rings. The van der Waals surface area contributed by atoms with E-state index < -0.39 is 0 Å². The van der Waals surface area contributed by atoms with E-state index in [1.165, 1.54) is 36.0 Å². The van der Waals surface area contributed by atoms with Gasteiger partial charge >= 0.3 is 0 Å². The van der Waals surface area contributed by atoms with Gasteiger partial charge in [-0.2, -0.15) is 0 Å². The van der Waals surface area contributed by atoms with Gasteiger partial charge in [-0.1, -0.05) is 60.2 Å². The van der Waals surface area contributed by atoms with E-state index in [9.17, 15) is 5.11 Å². The van der Waals surface area contributed by atoms with Crippen LogP contribution >= 0.6 is 0 Å². The smallest absolute Gasteiger partial charge is 0.116 e. The molecule has 1 nitrogen and oxygen atoms in total. The molecule has 3 rings (SSSR count). The lowest BCUT2D eigenvalue weighted by molar-refractivity contribution is 0.474. The summed E-state index contributed by atoms with van der Waals surface area (Å²) >= 11 is 0. The fraction of sp³-hybridized carbons (Fsp3) is 0.238. The Morgan fingerprint density at radius 2 is 1.86 bits per heavy atom. The van der Waals surface area contributed by atoms with Crippen LogP contribution in [0.3, 0.4) is 0 Å². The van der Waals surface area contributed by atoms with Crippen molar-refractivity contribution in [3.63, 3.8) is 0 Å². The lowest BCUT2D eigenvalue weighted by atomic mass is 9.84. The highest BCUT2D eigenvalue weighted by Crippen LogP contribution is 2.34. The average molecular weight is 290 g/mol. The Bertz CT molecular complexity index is 695. The van der Waals surface area contributed by atoms with Gasteiger partial charge in [0.05, 0.1) is 0 Å². The van der Waals surface area contributed by atoms with Crippen molar-refractivity contribution in [2.45, 2.75) is 32.1 Å². The number of hydrogen-bond acceptors (Lipinski definition) is 1. The number of allylic oxidation sites excluding steroid dienone is 2. The number of hydrogen-bond donors (Lipinski definition) is 1. The van der Waals surface area contributed by atoms with Gasteiger partial charge in [0.1, 0.15) is 5.75 Å². The van der Waals surface area contributed by atoms with Gasteiger partial charge in [-0.05, 0) is 55.0 Å². The highest BCUT2D eigenvalue weighted by atomic mass is 16.3. The standard InChI is InChI=1S/C21H22O/c1-16-6-5-9-18(14-16)21-13-12-20(22)15-19(21)11-10-17-7-3-2-4-8-17/h2-4,7-8,10-15,18,22H,5-6,9H2,1H3/b11-10+. The van der Waals surface area contributed by atoms with Crippen molar-refractivity contribution in [1.29, 1.82) is 0 Å². The van der Waals surface area contributed by atoms with Gasteiger partial charge in [0.15, 0.2) is 0 Å². The molecule has 2 aromatic carbocycles. The van der Waals surface area contributed by atoms with E-state index in [0.29, 0.717) is 11.7 Å². The first-order valence-corrected chi connectivity index (χ1v) is 7.96. The molecule has 1 aliphatic carbocycles. The summed E-state index contributed by atoms with van der Waals surface area (Å²) in [6, 6.07) is 16.0. The van der Waals surface area contributed by atoms with Crippen LogP contribution in [-0.2, 0) is 0 Å². The summed E-state index contributed by atoms with van der Waals surface area (Å²) in [7, 11) is 0. The van der Waals surface area contributed by atoms with Crippen molar-refractivity contribution in [2.75, 3.05) is 0 Å². The molecule has 1 heteroatoms. The number of aromatic hydroxyl groups is 1. The Kier molecular flexibility index (Phi) is 4.43. The van der Waals surface area contributed by atoms with Crippen LogP contribution in [0.25, 0.3) is 12.2 Å². The van der Waals surface area contributed by atoms with Crippen molar-refractivity contribution < 1.29 is 5.11 Å². The molecule has 1 atom stereocenters. The van der Waals surface area contributed by atoms with Crippen LogP contribution in [0.4, 0.5) is 0 Å². The first kappa shape index (κ1) is 14.6. The van der Waals surface area contributed by atoms with Crippen LogP contribution in [0, 0.1) is 0 Å². The molecule has 0 aliphatic heterocycles. The lowest BCUT2D eigenvalue weighted by Gasteiger charge is -2.21. The van der Waals surface area contributed by atoms with Gasteiger partial charge in [0, 0.05) is 5.92 Å². The number of phenols is 1. The first-order valence-electron chi connectivity index (χ1n) is 7.96. The highest BCUT2D eigenvalue weighted by molar-refractivity contribution is 5.72. The molecule has 1 aliphatic rings. The predicted octanol–water partition coefficient (Wildman–Crippen LogP) is 5.78. The monoisotopic (exact) mass is 290 g/mol. The normalized spacial score (nSPS) is 18.4. The van der Waals surface area contributed by atoms with Crippen molar-refractivity contribution >= 4 is 12.2 Å². The summed E-state index contributed by atoms with van der Waals surface area (Å²) in [5.74, 6) is 0.790. The molecule has 22 heavy (non-hydrogen) atoms. The second-order valence-electron chi connectivity index (χ2n) is 6.07. The SMILES string of the molecule is CC1=CC(c2ccc(O)cc2/C=C/c2ccccc2)CCC1. The van der Waals surface area contributed by atoms with Crippen LogP contribution in [0.2, 0.25) is 0 Å². The van der Waals surface area contributed by atoms with Crippen molar-refractivity contribution in [1.82, 2.24) is 0 Å². The zero-order valence-corrected chi connectivity index (χ0v) is 13.0. The molecular formula is C21H22O. The maximum atomic E-state index is 9.84. The number of phenolic OH excluding ortho intramolecular Hbond substituents is 1. The lowest BCUT2D eigenvalue weighted by Crippen LogP contribution is -2.03. The maximum absolute atomic E-state index is 9.84. The summed E-state index contributed by atoms with van der Waals surface area (Å²) in [4.78, 5) is 0.